The highest BCUT2D eigenvalue weighted by atomic mass is 28.4. The zero-order valence-corrected chi connectivity index (χ0v) is 26.3. The summed E-state index contributed by atoms with van der Waals surface area (Å²) < 4.78 is 7.65. The Kier molecular flexibility index (Phi) is 6.91. The van der Waals surface area contributed by atoms with Crippen molar-refractivity contribution in [2.45, 2.75) is 104 Å². The third kappa shape index (κ3) is 4.19. The van der Waals surface area contributed by atoms with Crippen molar-refractivity contribution in [1.29, 1.82) is 0 Å². The molecule has 0 spiro atoms. The van der Waals surface area contributed by atoms with E-state index >= 15 is 0 Å². The predicted octanol–water partition coefficient (Wildman–Crippen LogP) is 8.84. The fourth-order valence-corrected chi connectivity index (χ4v) is 14.7. The molecule has 4 aliphatic rings. The second-order valence-electron chi connectivity index (χ2n) is 14.7. The Balaban J connectivity index is 1.32. The molecule has 3 fully saturated rings. The molecule has 2 aromatic rings. The van der Waals surface area contributed by atoms with E-state index in [4.69, 9.17) is 4.43 Å². The summed E-state index contributed by atoms with van der Waals surface area (Å²) in [4.78, 5) is 0. The molecule has 39 heavy (non-hydrogen) atoms. The van der Waals surface area contributed by atoms with Crippen LogP contribution in [0.3, 0.4) is 0 Å². The lowest BCUT2D eigenvalue weighted by atomic mass is 9.48. The lowest BCUT2D eigenvalue weighted by Gasteiger charge is -2.58. The standard InChI is InChI=1S/C37H50OSi/c1-7-27-19-21-33-32-20-18-28-26-29(22-24-37(28,6)34(32)23-25-36(27,33)5)38-39(35(2,3)4,30-14-10-8-11-15-30)31-16-12-9-13-17-31/h7-18,29,32-34H,19-26H2,1-6H3/b27-7-/t29-,32-,33-,34-,36+,37-/m0/s1. The second-order valence-corrected chi connectivity index (χ2v) is 19.0. The summed E-state index contributed by atoms with van der Waals surface area (Å²) >= 11 is 0. The van der Waals surface area contributed by atoms with Crippen molar-refractivity contribution < 1.29 is 4.43 Å². The number of allylic oxidation sites excluding steroid dienone is 3. The Labute approximate surface area is 239 Å². The molecule has 208 valence electrons. The minimum Gasteiger partial charge on any atom is -0.404 e. The molecule has 0 saturated heterocycles. The van der Waals surface area contributed by atoms with E-state index in [1.165, 1.54) is 55.3 Å². The first kappa shape index (κ1) is 27.3. The summed E-state index contributed by atoms with van der Waals surface area (Å²) in [7, 11) is -2.53. The third-order valence-electron chi connectivity index (χ3n) is 12.0. The monoisotopic (exact) mass is 538 g/mol. The van der Waals surface area contributed by atoms with Gasteiger partial charge in [-0.05, 0) is 102 Å². The molecule has 0 bridgehead atoms. The molecule has 0 unspecified atom stereocenters. The Morgan fingerprint density at radius 3 is 2.00 bits per heavy atom. The maximum atomic E-state index is 7.65. The maximum absolute atomic E-state index is 7.65. The van der Waals surface area contributed by atoms with Gasteiger partial charge in [0.2, 0.25) is 0 Å². The molecule has 0 N–H and O–H groups in total. The molecular weight excluding hydrogens is 488 g/mol. The minimum atomic E-state index is -2.53. The molecule has 0 radical (unpaired) electrons. The van der Waals surface area contributed by atoms with Crippen LogP contribution in [-0.2, 0) is 4.43 Å². The van der Waals surface area contributed by atoms with E-state index in [0.29, 0.717) is 16.9 Å². The first-order valence-electron chi connectivity index (χ1n) is 15.8. The molecular formula is C37H50OSi. The Bertz CT molecular complexity index is 1200. The third-order valence-corrected chi connectivity index (χ3v) is 17.1. The van der Waals surface area contributed by atoms with Crippen LogP contribution in [-0.4, -0.2) is 14.4 Å². The molecule has 0 aliphatic heterocycles. The molecule has 4 aliphatic carbocycles. The maximum Gasteiger partial charge on any atom is 0.261 e. The summed E-state index contributed by atoms with van der Waals surface area (Å²) in [5, 5.41) is 2.84. The SMILES string of the molecule is C/C=C1/CC[C@H]2[C@@H]3CC=C4C[C@@H](O[Si](c5ccccc5)(c5ccccc5)C(C)(C)C)CC[C@]4(C)[C@H]3CC[C@]12C. The van der Waals surface area contributed by atoms with Crippen molar-refractivity contribution in [2.24, 2.45) is 28.6 Å². The molecule has 2 aromatic carbocycles. The van der Waals surface area contributed by atoms with Crippen LogP contribution in [0.4, 0.5) is 0 Å². The van der Waals surface area contributed by atoms with Gasteiger partial charge in [-0.2, -0.15) is 0 Å². The molecule has 0 aromatic heterocycles. The van der Waals surface area contributed by atoms with Gasteiger partial charge < -0.3 is 4.43 Å². The van der Waals surface area contributed by atoms with Crippen LogP contribution in [0.5, 0.6) is 0 Å². The number of benzene rings is 2. The second kappa shape index (κ2) is 9.88. The van der Waals surface area contributed by atoms with E-state index in [2.05, 4.69) is 114 Å². The van der Waals surface area contributed by atoms with E-state index in [-0.39, 0.29) is 5.04 Å². The average Bonchev–Trinajstić information content (AvgIpc) is 3.28. The highest BCUT2D eigenvalue weighted by Crippen LogP contribution is 2.66. The first-order valence-corrected chi connectivity index (χ1v) is 17.7. The van der Waals surface area contributed by atoms with Crippen LogP contribution < -0.4 is 10.4 Å². The van der Waals surface area contributed by atoms with Gasteiger partial charge in [-0.15, -0.1) is 0 Å². The van der Waals surface area contributed by atoms with Gasteiger partial charge in [0.1, 0.15) is 0 Å². The first-order chi connectivity index (χ1) is 18.6. The summed E-state index contributed by atoms with van der Waals surface area (Å²) in [6.07, 6.45) is 15.9. The van der Waals surface area contributed by atoms with Crippen LogP contribution >= 0.6 is 0 Å². The number of hydrogen-bond acceptors (Lipinski definition) is 1. The van der Waals surface area contributed by atoms with Crippen molar-refractivity contribution in [2.75, 3.05) is 0 Å². The number of fused-ring (bicyclic) bond motifs is 5. The topological polar surface area (TPSA) is 9.23 Å². The van der Waals surface area contributed by atoms with Gasteiger partial charge in [0, 0.05) is 6.10 Å². The summed E-state index contributed by atoms with van der Waals surface area (Å²) in [6.45, 7) is 14.8. The van der Waals surface area contributed by atoms with E-state index < -0.39 is 8.32 Å². The number of rotatable bonds is 4. The van der Waals surface area contributed by atoms with Crippen LogP contribution in [0.2, 0.25) is 5.04 Å². The van der Waals surface area contributed by atoms with Gasteiger partial charge in [-0.25, -0.2) is 0 Å². The van der Waals surface area contributed by atoms with Gasteiger partial charge >= 0.3 is 0 Å². The molecule has 3 saturated carbocycles. The van der Waals surface area contributed by atoms with Gasteiger partial charge in [-0.1, -0.05) is 119 Å². The lowest BCUT2D eigenvalue weighted by Crippen LogP contribution is -2.68. The average molecular weight is 539 g/mol. The van der Waals surface area contributed by atoms with E-state index in [1.54, 1.807) is 11.1 Å². The van der Waals surface area contributed by atoms with Crippen molar-refractivity contribution >= 4 is 18.7 Å². The van der Waals surface area contributed by atoms with Crippen LogP contribution in [0.25, 0.3) is 0 Å². The summed E-state index contributed by atoms with van der Waals surface area (Å²) in [5.41, 5.74) is 4.30. The van der Waals surface area contributed by atoms with E-state index in [9.17, 15) is 0 Å². The van der Waals surface area contributed by atoms with E-state index in [0.717, 1.165) is 24.2 Å². The zero-order chi connectivity index (χ0) is 27.5. The van der Waals surface area contributed by atoms with Crippen LogP contribution in [0.15, 0.2) is 84.0 Å². The molecule has 0 amide bonds. The normalized spacial score (nSPS) is 35.6. The highest BCUT2D eigenvalue weighted by molar-refractivity contribution is 6.99. The molecule has 6 atom stereocenters. The zero-order valence-electron chi connectivity index (χ0n) is 25.3. The predicted molar refractivity (Wildman–Crippen MR) is 168 cm³/mol. The number of hydrogen-bond donors (Lipinski definition) is 0. The van der Waals surface area contributed by atoms with Gasteiger partial charge in [0.05, 0.1) is 0 Å². The van der Waals surface area contributed by atoms with Gasteiger partial charge in [-0.3, -0.25) is 0 Å². The molecule has 0 heterocycles. The van der Waals surface area contributed by atoms with Gasteiger partial charge in [0.15, 0.2) is 0 Å². The fourth-order valence-electron chi connectivity index (χ4n) is 9.99. The molecule has 2 heteroatoms. The van der Waals surface area contributed by atoms with Crippen molar-refractivity contribution in [3.05, 3.63) is 84.0 Å². The van der Waals surface area contributed by atoms with E-state index in [1.807, 2.05) is 0 Å². The van der Waals surface area contributed by atoms with Crippen molar-refractivity contribution in [1.82, 2.24) is 0 Å². The summed E-state index contributed by atoms with van der Waals surface area (Å²) in [5.74, 6) is 2.59. The summed E-state index contributed by atoms with van der Waals surface area (Å²) in [6, 6.07) is 22.4. The Hall–Kier alpha value is -1.90. The Morgan fingerprint density at radius 1 is 0.821 bits per heavy atom. The molecule has 6 rings (SSSR count). The Morgan fingerprint density at radius 2 is 1.41 bits per heavy atom. The van der Waals surface area contributed by atoms with Gasteiger partial charge in [0.25, 0.3) is 8.32 Å². The minimum absolute atomic E-state index is 0.0311. The molecule has 1 nitrogen and oxygen atoms in total. The lowest BCUT2D eigenvalue weighted by molar-refractivity contribution is -0.0251. The largest absolute Gasteiger partial charge is 0.404 e. The van der Waals surface area contributed by atoms with Crippen LogP contribution in [0, 0.1) is 28.6 Å². The quantitative estimate of drug-likeness (QED) is 0.279. The van der Waals surface area contributed by atoms with Crippen LogP contribution in [0.1, 0.15) is 92.9 Å². The highest BCUT2D eigenvalue weighted by Gasteiger charge is 2.58. The van der Waals surface area contributed by atoms with Crippen molar-refractivity contribution in [3.8, 4) is 0 Å². The fraction of sp³-hybridized carbons (Fsp3) is 0.568. The van der Waals surface area contributed by atoms with Crippen molar-refractivity contribution in [3.63, 3.8) is 0 Å². The smallest absolute Gasteiger partial charge is 0.261 e.